The summed E-state index contributed by atoms with van der Waals surface area (Å²) in [6.45, 7) is 0. The minimum atomic E-state index is -5.96. The lowest BCUT2D eigenvalue weighted by Crippen LogP contribution is -2.55. The second-order valence-electron chi connectivity index (χ2n) is 4.85. The Morgan fingerprint density at radius 2 is 1.35 bits per heavy atom. The van der Waals surface area contributed by atoms with Crippen LogP contribution in [0.5, 0.6) is 5.75 Å². The molecule has 2 rings (SSSR count). The molecule has 0 aliphatic carbocycles. The van der Waals surface area contributed by atoms with E-state index in [1.807, 2.05) is 0 Å². The molecule has 2 nitrogen and oxygen atoms in total. The van der Waals surface area contributed by atoms with Gasteiger partial charge in [0.15, 0.2) is 5.60 Å². The maximum absolute atomic E-state index is 14.2. The van der Waals surface area contributed by atoms with Crippen LogP contribution in [-0.4, -0.2) is 24.3 Å². The molecular formula is C16H13F5O2. The number of ether oxygens (including phenoxy) is 1. The van der Waals surface area contributed by atoms with Crippen LogP contribution in [0.3, 0.4) is 0 Å². The summed E-state index contributed by atoms with van der Waals surface area (Å²) in [5, 5.41) is 10.6. The number of hydrogen-bond donors (Lipinski definition) is 1. The van der Waals surface area contributed by atoms with Gasteiger partial charge in [0.1, 0.15) is 5.75 Å². The van der Waals surface area contributed by atoms with E-state index in [0.717, 1.165) is 25.3 Å². The molecule has 1 atom stereocenters. The van der Waals surface area contributed by atoms with Crippen LogP contribution >= 0.6 is 0 Å². The number of aliphatic hydroxyl groups is 1. The highest BCUT2D eigenvalue weighted by molar-refractivity contribution is 5.47. The van der Waals surface area contributed by atoms with Gasteiger partial charge in [0, 0.05) is 5.56 Å². The second kappa shape index (κ2) is 5.81. The van der Waals surface area contributed by atoms with E-state index in [0.29, 0.717) is 0 Å². The van der Waals surface area contributed by atoms with Gasteiger partial charge in [0.25, 0.3) is 0 Å². The molecule has 0 fully saturated rings. The molecule has 2 aromatic rings. The highest BCUT2D eigenvalue weighted by atomic mass is 19.4. The number of halogens is 5. The van der Waals surface area contributed by atoms with Crippen LogP contribution in [-0.2, 0) is 5.60 Å². The van der Waals surface area contributed by atoms with E-state index in [-0.39, 0.29) is 5.75 Å². The molecule has 0 heterocycles. The quantitative estimate of drug-likeness (QED) is 0.853. The first-order valence-corrected chi connectivity index (χ1v) is 6.52. The summed E-state index contributed by atoms with van der Waals surface area (Å²) in [5.41, 5.74) is -4.89. The molecule has 0 amide bonds. The summed E-state index contributed by atoms with van der Waals surface area (Å²) in [6.07, 6.45) is -5.96. The topological polar surface area (TPSA) is 29.5 Å². The average molecular weight is 332 g/mol. The maximum atomic E-state index is 14.2. The Morgan fingerprint density at radius 1 is 0.826 bits per heavy atom. The minimum Gasteiger partial charge on any atom is -0.496 e. The van der Waals surface area contributed by atoms with Crippen LogP contribution in [0.4, 0.5) is 22.0 Å². The summed E-state index contributed by atoms with van der Waals surface area (Å²) in [7, 11) is 1.12. The lowest BCUT2D eigenvalue weighted by molar-refractivity contribution is -0.336. The van der Waals surface area contributed by atoms with E-state index in [2.05, 4.69) is 0 Å². The van der Waals surface area contributed by atoms with E-state index in [1.54, 1.807) is 0 Å². The largest absolute Gasteiger partial charge is 0.496 e. The van der Waals surface area contributed by atoms with E-state index in [1.165, 1.54) is 36.4 Å². The zero-order valence-electron chi connectivity index (χ0n) is 11.9. The van der Waals surface area contributed by atoms with E-state index >= 15 is 0 Å². The Hall–Kier alpha value is -2.15. The van der Waals surface area contributed by atoms with Crippen LogP contribution in [0.2, 0.25) is 0 Å². The Balaban J connectivity index is 2.82. The molecule has 1 N–H and O–H groups in total. The van der Waals surface area contributed by atoms with Gasteiger partial charge in [-0.05, 0) is 11.6 Å². The first-order valence-electron chi connectivity index (χ1n) is 6.52. The lowest BCUT2D eigenvalue weighted by atomic mass is 9.80. The van der Waals surface area contributed by atoms with Gasteiger partial charge in [-0.25, -0.2) is 0 Å². The lowest BCUT2D eigenvalue weighted by Gasteiger charge is -2.38. The molecule has 0 aromatic heterocycles. The van der Waals surface area contributed by atoms with Crippen LogP contribution < -0.4 is 4.74 Å². The number of methoxy groups -OCH3 is 1. The highest BCUT2D eigenvalue weighted by Crippen LogP contribution is 2.53. The van der Waals surface area contributed by atoms with Crippen molar-refractivity contribution in [3.8, 4) is 5.75 Å². The van der Waals surface area contributed by atoms with Crippen molar-refractivity contribution in [2.24, 2.45) is 0 Å². The van der Waals surface area contributed by atoms with Crippen molar-refractivity contribution in [2.75, 3.05) is 7.11 Å². The predicted octanol–water partition coefficient (Wildman–Crippen LogP) is 4.13. The summed E-state index contributed by atoms with van der Waals surface area (Å²) < 4.78 is 72.3. The zero-order valence-corrected chi connectivity index (χ0v) is 11.9. The van der Waals surface area contributed by atoms with Gasteiger partial charge in [0.2, 0.25) is 0 Å². The van der Waals surface area contributed by atoms with E-state index in [9.17, 15) is 27.1 Å². The predicted molar refractivity (Wildman–Crippen MR) is 73.4 cm³/mol. The maximum Gasteiger partial charge on any atom is 0.457 e. The molecule has 0 saturated carbocycles. The summed E-state index contributed by atoms with van der Waals surface area (Å²) >= 11 is 0. The zero-order chi connectivity index (χ0) is 17.3. The third-order valence-corrected chi connectivity index (χ3v) is 3.50. The first kappa shape index (κ1) is 17.2. The molecule has 0 aliphatic heterocycles. The second-order valence-corrected chi connectivity index (χ2v) is 4.85. The number of rotatable bonds is 4. The Bertz CT molecular complexity index is 670. The molecule has 0 bridgehead atoms. The number of para-hydroxylation sites is 1. The van der Waals surface area contributed by atoms with Crippen molar-refractivity contribution >= 4 is 0 Å². The average Bonchev–Trinajstić information content (AvgIpc) is 2.53. The van der Waals surface area contributed by atoms with Crippen LogP contribution in [0.25, 0.3) is 0 Å². The van der Waals surface area contributed by atoms with Crippen molar-refractivity contribution in [2.45, 2.75) is 17.7 Å². The Labute approximate surface area is 129 Å². The smallest absolute Gasteiger partial charge is 0.457 e. The van der Waals surface area contributed by atoms with Gasteiger partial charge in [0.05, 0.1) is 7.11 Å². The van der Waals surface area contributed by atoms with Gasteiger partial charge in [-0.2, -0.15) is 22.0 Å². The third-order valence-electron chi connectivity index (χ3n) is 3.50. The van der Waals surface area contributed by atoms with Gasteiger partial charge in [-0.1, -0.05) is 48.5 Å². The Morgan fingerprint density at radius 3 is 1.87 bits per heavy atom. The highest BCUT2D eigenvalue weighted by Gasteiger charge is 2.71. The summed E-state index contributed by atoms with van der Waals surface area (Å²) in [5.74, 6) is -5.71. The SMILES string of the molecule is COc1ccccc1C(O)(c1ccccc1)C(F)(F)C(F)(F)F. The molecule has 2 aromatic carbocycles. The van der Waals surface area contributed by atoms with E-state index in [4.69, 9.17) is 4.74 Å². The van der Waals surface area contributed by atoms with Gasteiger partial charge >= 0.3 is 12.1 Å². The van der Waals surface area contributed by atoms with Crippen molar-refractivity contribution in [1.29, 1.82) is 0 Å². The van der Waals surface area contributed by atoms with Crippen molar-refractivity contribution in [3.63, 3.8) is 0 Å². The molecule has 124 valence electrons. The molecule has 23 heavy (non-hydrogen) atoms. The molecule has 7 heteroatoms. The molecule has 0 radical (unpaired) electrons. The van der Waals surface area contributed by atoms with Crippen LogP contribution in [0.15, 0.2) is 54.6 Å². The number of hydrogen-bond acceptors (Lipinski definition) is 2. The third kappa shape index (κ3) is 2.65. The van der Waals surface area contributed by atoms with Gasteiger partial charge in [-0.15, -0.1) is 0 Å². The van der Waals surface area contributed by atoms with E-state index < -0.39 is 28.8 Å². The van der Waals surface area contributed by atoms with Gasteiger partial charge < -0.3 is 9.84 Å². The normalized spacial score (nSPS) is 15.1. The van der Waals surface area contributed by atoms with Crippen LogP contribution in [0.1, 0.15) is 11.1 Å². The fraction of sp³-hybridized carbons (Fsp3) is 0.250. The summed E-state index contributed by atoms with van der Waals surface area (Å²) in [6, 6.07) is 10.8. The minimum absolute atomic E-state index is 0.275. The first-order chi connectivity index (χ1) is 10.7. The van der Waals surface area contributed by atoms with Crippen LogP contribution in [0, 0.1) is 0 Å². The van der Waals surface area contributed by atoms with Crippen molar-refractivity contribution in [3.05, 3.63) is 65.7 Å². The number of benzene rings is 2. The monoisotopic (exact) mass is 332 g/mol. The molecular weight excluding hydrogens is 319 g/mol. The number of alkyl halides is 5. The molecule has 0 spiro atoms. The molecule has 0 aliphatic rings. The Kier molecular flexibility index (Phi) is 4.34. The standard InChI is InChI=1S/C16H13F5O2/c1-23-13-10-6-5-9-12(13)14(22,11-7-3-2-4-8-11)15(17,18)16(19,20)21/h2-10,22H,1H3. The molecule has 1 unspecified atom stereocenters. The summed E-state index contributed by atoms with van der Waals surface area (Å²) in [4.78, 5) is 0. The van der Waals surface area contributed by atoms with Gasteiger partial charge in [-0.3, -0.25) is 0 Å². The van der Waals surface area contributed by atoms with Crippen molar-refractivity contribution < 1.29 is 31.8 Å². The van der Waals surface area contributed by atoms with Crippen molar-refractivity contribution in [1.82, 2.24) is 0 Å². The molecule has 0 saturated heterocycles. The fourth-order valence-corrected chi connectivity index (χ4v) is 2.33. The fourth-order valence-electron chi connectivity index (χ4n) is 2.33.